The van der Waals surface area contributed by atoms with Crippen LogP contribution in [0.4, 0.5) is 0 Å². The summed E-state index contributed by atoms with van der Waals surface area (Å²) in [6, 6.07) is 8.01. The molecule has 2 N–H and O–H groups in total. The number of nitrogens with one attached hydrogen (secondary N) is 1. The smallest absolute Gasteiger partial charge is 0.304 e. The standard InChI is InChI=1S/C14H21NO3/c1-11(2)18-13-5-3-12(4-6-13)7-9-15-10-8-14(16)17/h3-6,11,15H,7-10H2,1-2H3,(H,16,17). The van der Waals surface area contributed by atoms with E-state index in [1.165, 1.54) is 5.56 Å². The van der Waals surface area contributed by atoms with Crippen molar-refractivity contribution in [1.29, 1.82) is 0 Å². The summed E-state index contributed by atoms with van der Waals surface area (Å²) < 4.78 is 5.56. The highest BCUT2D eigenvalue weighted by Crippen LogP contribution is 2.13. The van der Waals surface area contributed by atoms with Gasteiger partial charge in [0.05, 0.1) is 12.5 Å². The summed E-state index contributed by atoms with van der Waals surface area (Å²) in [4.78, 5) is 10.3. The highest BCUT2D eigenvalue weighted by molar-refractivity contribution is 5.66. The van der Waals surface area contributed by atoms with Crippen LogP contribution in [0.5, 0.6) is 5.75 Å². The summed E-state index contributed by atoms with van der Waals surface area (Å²) in [5.74, 6) is 0.116. The van der Waals surface area contributed by atoms with Crippen molar-refractivity contribution in [1.82, 2.24) is 5.32 Å². The Bertz CT molecular complexity index is 360. The van der Waals surface area contributed by atoms with Crippen molar-refractivity contribution in [3.63, 3.8) is 0 Å². The van der Waals surface area contributed by atoms with Gasteiger partial charge in [-0.1, -0.05) is 12.1 Å². The van der Waals surface area contributed by atoms with Gasteiger partial charge in [0.25, 0.3) is 0 Å². The first-order chi connectivity index (χ1) is 8.58. The quantitative estimate of drug-likeness (QED) is 0.694. The van der Waals surface area contributed by atoms with E-state index in [1.54, 1.807) is 0 Å². The van der Waals surface area contributed by atoms with Gasteiger partial charge in [-0.25, -0.2) is 0 Å². The van der Waals surface area contributed by atoms with Crippen molar-refractivity contribution in [2.45, 2.75) is 32.8 Å². The summed E-state index contributed by atoms with van der Waals surface area (Å²) >= 11 is 0. The van der Waals surface area contributed by atoms with Crippen molar-refractivity contribution >= 4 is 5.97 Å². The molecule has 1 aromatic rings. The Hall–Kier alpha value is -1.55. The molecule has 0 aliphatic carbocycles. The number of aliphatic carboxylic acids is 1. The molecular formula is C14H21NO3. The molecule has 0 heterocycles. The van der Waals surface area contributed by atoms with E-state index in [4.69, 9.17) is 9.84 Å². The van der Waals surface area contributed by atoms with Crippen LogP contribution in [-0.4, -0.2) is 30.3 Å². The van der Waals surface area contributed by atoms with E-state index >= 15 is 0 Å². The lowest BCUT2D eigenvalue weighted by Crippen LogP contribution is -2.20. The number of benzene rings is 1. The van der Waals surface area contributed by atoms with Crippen LogP contribution in [0.1, 0.15) is 25.8 Å². The van der Waals surface area contributed by atoms with Crippen molar-refractivity contribution in [3.8, 4) is 5.75 Å². The van der Waals surface area contributed by atoms with E-state index in [-0.39, 0.29) is 12.5 Å². The van der Waals surface area contributed by atoms with Crippen LogP contribution in [0, 0.1) is 0 Å². The van der Waals surface area contributed by atoms with E-state index in [2.05, 4.69) is 5.32 Å². The maximum absolute atomic E-state index is 10.3. The second-order valence-corrected chi connectivity index (χ2v) is 4.45. The largest absolute Gasteiger partial charge is 0.491 e. The Balaban J connectivity index is 2.24. The highest BCUT2D eigenvalue weighted by Gasteiger charge is 1.99. The zero-order chi connectivity index (χ0) is 13.4. The molecule has 100 valence electrons. The van der Waals surface area contributed by atoms with Gasteiger partial charge in [0.15, 0.2) is 0 Å². The third-order valence-corrected chi connectivity index (χ3v) is 2.40. The Morgan fingerprint density at radius 3 is 2.50 bits per heavy atom. The Morgan fingerprint density at radius 1 is 1.28 bits per heavy atom. The SMILES string of the molecule is CC(C)Oc1ccc(CCNCCC(=O)O)cc1. The molecule has 0 fully saturated rings. The molecule has 18 heavy (non-hydrogen) atoms. The second-order valence-electron chi connectivity index (χ2n) is 4.45. The van der Waals surface area contributed by atoms with Gasteiger partial charge in [0.2, 0.25) is 0 Å². The van der Waals surface area contributed by atoms with Crippen molar-refractivity contribution in [2.24, 2.45) is 0 Å². The maximum atomic E-state index is 10.3. The molecule has 0 radical (unpaired) electrons. The minimum atomic E-state index is -0.766. The molecule has 0 atom stereocenters. The lowest BCUT2D eigenvalue weighted by atomic mass is 10.1. The number of carbonyl (C=O) groups is 1. The molecule has 0 amide bonds. The molecule has 1 rings (SSSR count). The van der Waals surface area contributed by atoms with Gasteiger partial charge in [0.1, 0.15) is 5.75 Å². The predicted octanol–water partition coefficient (Wildman–Crippen LogP) is 2.08. The van der Waals surface area contributed by atoms with Gasteiger partial charge in [-0.05, 0) is 44.5 Å². The summed E-state index contributed by atoms with van der Waals surface area (Å²) in [5, 5.41) is 11.6. The first-order valence-electron chi connectivity index (χ1n) is 6.26. The molecule has 1 aromatic carbocycles. The lowest BCUT2D eigenvalue weighted by molar-refractivity contribution is -0.136. The molecule has 0 saturated carbocycles. The molecule has 0 unspecified atom stereocenters. The molecule has 4 heteroatoms. The molecule has 0 aliphatic rings. The Kier molecular flexibility index (Phi) is 6.22. The fourth-order valence-electron chi connectivity index (χ4n) is 1.56. The van der Waals surface area contributed by atoms with Gasteiger partial charge >= 0.3 is 5.97 Å². The summed E-state index contributed by atoms with van der Waals surface area (Å²) in [5.41, 5.74) is 1.22. The topological polar surface area (TPSA) is 58.6 Å². The number of carboxylic acid groups (broad SMARTS) is 1. The molecule has 0 spiro atoms. The van der Waals surface area contributed by atoms with Crippen molar-refractivity contribution < 1.29 is 14.6 Å². The van der Waals surface area contributed by atoms with Crippen LogP contribution >= 0.6 is 0 Å². The molecule has 0 aromatic heterocycles. The molecule has 4 nitrogen and oxygen atoms in total. The molecule has 0 bridgehead atoms. The minimum absolute atomic E-state index is 0.168. The Labute approximate surface area is 108 Å². The summed E-state index contributed by atoms with van der Waals surface area (Å²) in [7, 11) is 0. The average molecular weight is 251 g/mol. The third kappa shape index (κ3) is 6.25. The van der Waals surface area contributed by atoms with Crippen LogP contribution in [0.15, 0.2) is 24.3 Å². The zero-order valence-corrected chi connectivity index (χ0v) is 11.0. The number of hydrogen-bond donors (Lipinski definition) is 2. The monoisotopic (exact) mass is 251 g/mol. The van der Waals surface area contributed by atoms with Crippen LogP contribution in [0.25, 0.3) is 0 Å². The Morgan fingerprint density at radius 2 is 1.94 bits per heavy atom. The zero-order valence-electron chi connectivity index (χ0n) is 11.0. The molecule has 0 aliphatic heterocycles. The first-order valence-corrected chi connectivity index (χ1v) is 6.26. The van der Waals surface area contributed by atoms with Crippen LogP contribution in [-0.2, 0) is 11.2 Å². The summed E-state index contributed by atoms with van der Waals surface area (Å²) in [6.45, 7) is 5.31. The van der Waals surface area contributed by atoms with E-state index < -0.39 is 5.97 Å². The van der Waals surface area contributed by atoms with E-state index in [1.807, 2.05) is 38.1 Å². The van der Waals surface area contributed by atoms with Gasteiger partial charge in [-0.3, -0.25) is 4.79 Å². The fraction of sp³-hybridized carbons (Fsp3) is 0.500. The third-order valence-electron chi connectivity index (χ3n) is 2.40. The van der Waals surface area contributed by atoms with Gasteiger partial charge in [-0.2, -0.15) is 0 Å². The van der Waals surface area contributed by atoms with Crippen molar-refractivity contribution in [2.75, 3.05) is 13.1 Å². The van der Waals surface area contributed by atoms with Crippen molar-refractivity contribution in [3.05, 3.63) is 29.8 Å². The predicted molar refractivity (Wildman–Crippen MR) is 71.0 cm³/mol. The highest BCUT2D eigenvalue weighted by atomic mass is 16.5. The first kappa shape index (κ1) is 14.5. The summed E-state index contributed by atoms with van der Waals surface area (Å²) in [6.07, 6.45) is 1.25. The molecule has 0 saturated heterocycles. The average Bonchev–Trinajstić information content (AvgIpc) is 2.30. The number of carboxylic acids is 1. The van der Waals surface area contributed by atoms with Gasteiger partial charge in [-0.15, -0.1) is 0 Å². The van der Waals surface area contributed by atoms with Crippen LogP contribution in [0.3, 0.4) is 0 Å². The van der Waals surface area contributed by atoms with Gasteiger partial charge in [0, 0.05) is 6.54 Å². The maximum Gasteiger partial charge on any atom is 0.304 e. The normalized spacial score (nSPS) is 10.6. The van der Waals surface area contributed by atoms with Crippen LogP contribution < -0.4 is 10.1 Å². The van der Waals surface area contributed by atoms with E-state index in [9.17, 15) is 4.79 Å². The number of hydrogen-bond acceptors (Lipinski definition) is 3. The van der Waals surface area contributed by atoms with Crippen LogP contribution in [0.2, 0.25) is 0 Å². The fourth-order valence-corrected chi connectivity index (χ4v) is 1.56. The minimum Gasteiger partial charge on any atom is -0.491 e. The van der Waals surface area contributed by atoms with Gasteiger partial charge < -0.3 is 15.2 Å². The van der Waals surface area contributed by atoms with E-state index in [0.29, 0.717) is 6.54 Å². The number of ether oxygens (including phenoxy) is 1. The number of rotatable bonds is 8. The molecular weight excluding hydrogens is 230 g/mol. The lowest BCUT2D eigenvalue weighted by Gasteiger charge is -2.10. The second kappa shape index (κ2) is 7.71. The van der Waals surface area contributed by atoms with E-state index in [0.717, 1.165) is 18.7 Å².